The Bertz CT molecular complexity index is 425. The topological polar surface area (TPSA) is 57.4 Å². The second-order valence-corrected chi connectivity index (χ2v) is 5.93. The molecule has 1 heterocycles. The molecule has 0 amide bonds. The fraction of sp³-hybridized carbons (Fsp3) is 0.667. The van der Waals surface area contributed by atoms with Gasteiger partial charge in [-0.05, 0) is 34.6 Å². The number of nitrogens with zero attached hydrogens (tertiary/aromatic N) is 1. The van der Waals surface area contributed by atoms with E-state index in [0.29, 0.717) is 13.0 Å². The minimum Gasteiger partial charge on any atom is -0.496 e. The molecule has 4 heteroatoms. The van der Waals surface area contributed by atoms with E-state index in [1.165, 1.54) is 0 Å². The van der Waals surface area contributed by atoms with Crippen LogP contribution in [0.3, 0.4) is 0 Å². The summed E-state index contributed by atoms with van der Waals surface area (Å²) in [6.45, 7) is 10.6. The molecule has 0 fully saturated rings. The first-order chi connectivity index (χ1) is 8.74. The van der Waals surface area contributed by atoms with Crippen LogP contribution >= 0.6 is 0 Å². The first kappa shape index (κ1) is 15.9. The lowest BCUT2D eigenvalue weighted by Gasteiger charge is -2.23. The highest BCUT2D eigenvalue weighted by molar-refractivity contribution is 5.41. The summed E-state index contributed by atoms with van der Waals surface area (Å²) in [6.07, 6.45) is 2.52. The Morgan fingerprint density at radius 2 is 1.95 bits per heavy atom. The van der Waals surface area contributed by atoms with Gasteiger partial charge in [0.15, 0.2) is 0 Å². The molecule has 2 N–H and O–H groups in total. The van der Waals surface area contributed by atoms with E-state index in [9.17, 15) is 0 Å². The van der Waals surface area contributed by atoms with Crippen LogP contribution in [0.5, 0.6) is 5.75 Å². The summed E-state index contributed by atoms with van der Waals surface area (Å²) in [7, 11) is 1.68. The Labute approximate surface area is 116 Å². The van der Waals surface area contributed by atoms with Gasteiger partial charge in [-0.1, -0.05) is 0 Å². The molecule has 4 nitrogen and oxygen atoms in total. The van der Waals surface area contributed by atoms with E-state index in [1.807, 2.05) is 40.8 Å². The van der Waals surface area contributed by atoms with E-state index < -0.39 is 0 Å². The number of rotatable bonds is 5. The maximum atomic E-state index is 6.11. The SMILES string of the molecule is COc1c(C)cnc(CC(N)COC(C)(C)C)c1C. The van der Waals surface area contributed by atoms with Crippen LogP contribution in [0.4, 0.5) is 0 Å². The van der Waals surface area contributed by atoms with E-state index >= 15 is 0 Å². The molecular formula is C15H26N2O2. The van der Waals surface area contributed by atoms with Crippen molar-refractivity contribution in [2.24, 2.45) is 5.73 Å². The molecule has 0 aliphatic carbocycles. The van der Waals surface area contributed by atoms with E-state index in [2.05, 4.69) is 4.98 Å². The smallest absolute Gasteiger partial charge is 0.128 e. The van der Waals surface area contributed by atoms with Crippen molar-refractivity contribution >= 4 is 0 Å². The largest absolute Gasteiger partial charge is 0.496 e. The highest BCUT2D eigenvalue weighted by atomic mass is 16.5. The van der Waals surface area contributed by atoms with Gasteiger partial charge in [-0.15, -0.1) is 0 Å². The molecule has 19 heavy (non-hydrogen) atoms. The fourth-order valence-electron chi connectivity index (χ4n) is 1.94. The number of aromatic nitrogens is 1. The molecule has 1 rings (SSSR count). The van der Waals surface area contributed by atoms with Gasteiger partial charge in [0.2, 0.25) is 0 Å². The van der Waals surface area contributed by atoms with Crippen molar-refractivity contribution in [3.63, 3.8) is 0 Å². The molecule has 0 aliphatic heterocycles. The van der Waals surface area contributed by atoms with Crippen molar-refractivity contribution < 1.29 is 9.47 Å². The summed E-state index contributed by atoms with van der Waals surface area (Å²) >= 11 is 0. The molecule has 1 aromatic heterocycles. The standard InChI is InChI=1S/C15H26N2O2/c1-10-8-17-13(11(2)14(10)18-6)7-12(16)9-19-15(3,4)5/h8,12H,7,9,16H2,1-6H3. The van der Waals surface area contributed by atoms with Crippen LogP contribution in [0, 0.1) is 13.8 Å². The first-order valence-electron chi connectivity index (χ1n) is 6.63. The van der Waals surface area contributed by atoms with Crippen LogP contribution in [0.2, 0.25) is 0 Å². The maximum absolute atomic E-state index is 6.11. The van der Waals surface area contributed by atoms with Gasteiger partial charge in [-0.2, -0.15) is 0 Å². The van der Waals surface area contributed by atoms with Crippen LogP contribution in [-0.4, -0.2) is 30.3 Å². The van der Waals surface area contributed by atoms with E-state index in [4.69, 9.17) is 15.2 Å². The lowest BCUT2D eigenvalue weighted by Crippen LogP contribution is -2.33. The van der Waals surface area contributed by atoms with Gasteiger partial charge in [0.1, 0.15) is 5.75 Å². The predicted molar refractivity (Wildman–Crippen MR) is 77.6 cm³/mol. The maximum Gasteiger partial charge on any atom is 0.128 e. The Morgan fingerprint density at radius 1 is 1.32 bits per heavy atom. The minimum absolute atomic E-state index is 0.0576. The summed E-state index contributed by atoms with van der Waals surface area (Å²) < 4.78 is 11.1. The number of aryl methyl sites for hydroxylation is 1. The van der Waals surface area contributed by atoms with Crippen molar-refractivity contribution in [2.75, 3.05) is 13.7 Å². The van der Waals surface area contributed by atoms with Gasteiger partial charge in [-0.25, -0.2) is 0 Å². The Kier molecular flexibility index (Phi) is 5.32. The molecular weight excluding hydrogens is 240 g/mol. The Balaban J connectivity index is 2.72. The van der Waals surface area contributed by atoms with Crippen LogP contribution in [0.1, 0.15) is 37.6 Å². The number of methoxy groups -OCH3 is 1. The van der Waals surface area contributed by atoms with Gasteiger partial charge in [-0.3, -0.25) is 4.98 Å². The van der Waals surface area contributed by atoms with Crippen molar-refractivity contribution in [1.29, 1.82) is 0 Å². The number of ether oxygens (including phenoxy) is 2. The van der Waals surface area contributed by atoms with Crippen LogP contribution in [0.15, 0.2) is 6.20 Å². The molecule has 0 radical (unpaired) electrons. The summed E-state index contributed by atoms with van der Waals surface area (Å²) in [4.78, 5) is 4.46. The quantitative estimate of drug-likeness (QED) is 0.889. The van der Waals surface area contributed by atoms with Gasteiger partial charge < -0.3 is 15.2 Å². The van der Waals surface area contributed by atoms with Gasteiger partial charge in [0.05, 0.1) is 19.3 Å². The summed E-state index contributed by atoms with van der Waals surface area (Å²) in [6, 6.07) is -0.0576. The molecule has 0 spiro atoms. The lowest BCUT2D eigenvalue weighted by atomic mass is 10.0. The van der Waals surface area contributed by atoms with Gasteiger partial charge >= 0.3 is 0 Å². The third-order valence-corrected chi connectivity index (χ3v) is 2.94. The van der Waals surface area contributed by atoms with Crippen LogP contribution in [0.25, 0.3) is 0 Å². The Hall–Kier alpha value is -1.13. The fourth-order valence-corrected chi connectivity index (χ4v) is 1.94. The predicted octanol–water partition coefficient (Wildman–Crippen LogP) is 2.39. The molecule has 0 saturated carbocycles. The van der Waals surface area contributed by atoms with E-state index in [-0.39, 0.29) is 11.6 Å². The van der Waals surface area contributed by atoms with Gasteiger partial charge in [0.25, 0.3) is 0 Å². The Morgan fingerprint density at radius 3 is 2.47 bits per heavy atom. The number of pyridine rings is 1. The van der Waals surface area contributed by atoms with Crippen molar-refractivity contribution in [3.05, 3.63) is 23.0 Å². The van der Waals surface area contributed by atoms with Crippen LogP contribution in [-0.2, 0) is 11.2 Å². The zero-order valence-electron chi connectivity index (χ0n) is 12.9. The summed E-state index contributed by atoms with van der Waals surface area (Å²) in [5.74, 6) is 0.897. The van der Waals surface area contributed by atoms with Crippen molar-refractivity contribution in [3.8, 4) is 5.75 Å². The van der Waals surface area contributed by atoms with E-state index in [0.717, 1.165) is 22.6 Å². The molecule has 0 saturated heterocycles. The zero-order valence-corrected chi connectivity index (χ0v) is 12.9. The van der Waals surface area contributed by atoms with Crippen LogP contribution < -0.4 is 10.5 Å². The van der Waals surface area contributed by atoms with Crippen molar-refractivity contribution in [1.82, 2.24) is 4.98 Å². The first-order valence-corrected chi connectivity index (χ1v) is 6.63. The third-order valence-electron chi connectivity index (χ3n) is 2.94. The monoisotopic (exact) mass is 266 g/mol. The molecule has 108 valence electrons. The average Bonchev–Trinajstić information content (AvgIpc) is 2.30. The second kappa shape index (κ2) is 6.35. The molecule has 0 aliphatic rings. The summed E-state index contributed by atoms with van der Waals surface area (Å²) in [5.41, 5.74) is 9.03. The minimum atomic E-state index is -0.162. The molecule has 0 aromatic carbocycles. The second-order valence-electron chi connectivity index (χ2n) is 5.93. The number of nitrogens with two attached hydrogens (primary N) is 1. The zero-order chi connectivity index (χ0) is 14.6. The van der Waals surface area contributed by atoms with Crippen molar-refractivity contribution in [2.45, 2.75) is 52.7 Å². The molecule has 1 atom stereocenters. The normalized spacial score (nSPS) is 13.4. The molecule has 1 aromatic rings. The summed E-state index contributed by atoms with van der Waals surface area (Å²) in [5, 5.41) is 0. The number of hydrogen-bond donors (Lipinski definition) is 1. The molecule has 0 bridgehead atoms. The lowest BCUT2D eigenvalue weighted by molar-refractivity contribution is -0.00994. The van der Waals surface area contributed by atoms with Gasteiger partial charge in [0, 0.05) is 35.5 Å². The third kappa shape index (κ3) is 4.80. The highest BCUT2D eigenvalue weighted by Crippen LogP contribution is 2.24. The highest BCUT2D eigenvalue weighted by Gasteiger charge is 2.16. The van der Waals surface area contributed by atoms with E-state index in [1.54, 1.807) is 7.11 Å². The molecule has 1 unspecified atom stereocenters. The number of hydrogen-bond acceptors (Lipinski definition) is 4. The average molecular weight is 266 g/mol.